The minimum Gasteiger partial charge on any atom is -0.459 e. The van der Waals surface area contributed by atoms with Gasteiger partial charge in [-0.05, 0) is 37.1 Å². The van der Waals surface area contributed by atoms with E-state index in [1.165, 1.54) is 18.4 Å². The summed E-state index contributed by atoms with van der Waals surface area (Å²) in [6.07, 6.45) is 3.97. The topological polar surface area (TPSA) is 55.3 Å². The second-order valence-corrected chi connectivity index (χ2v) is 5.52. The molecule has 3 aromatic rings. The van der Waals surface area contributed by atoms with Crippen molar-refractivity contribution in [2.24, 2.45) is 0 Å². The van der Waals surface area contributed by atoms with Crippen molar-refractivity contribution in [3.63, 3.8) is 0 Å². The zero-order valence-electron chi connectivity index (χ0n) is 12.2. The van der Waals surface area contributed by atoms with Crippen molar-refractivity contribution in [2.75, 3.05) is 6.54 Å². The van der Waals surface area contributed by atoms with Gasteiger partial charge < -0.3 is 8.83 Å². The number of furan rings is 1. The SMILES string of the molecule is c1ccc([C@H]2CCCN2Cc2nnc(-c3ccco3)o2)cc1. The van der Waals surface area contributed by atoms with E-state index in [2.05, 4.69) is 45.4 Å². The Morgan fingerprint density at radius 3 is 2.82 bits per heavy atom. The fraction of sp³-hybridized carbons (Fsp3) is 0.294. The Morgan fingerprint density at radius 2 is 2.00 bits per heavy atom. The highest BCUT2D eigenvalue weighted by Crippen LogP contribution is 2.33. The number of rotatable bonds is 4. The molecular formula is C17H17N3O2. The molecule has 5 nitrogen and oxygen atoms in total. The molecule has 1 atom stereocenters. The van der Waals surface area contributed by atoms with Gasteiger partial charge in [0.2, 0.25) is 5.89 Å². The first-order valence-corrected chi connectivity index (χ1v) is 7.55. The molecule has 0 radical (unpaired) electrons. The summed E-state index contributed by atoms with van der Waals surface area (Å²) in [5, 5.41) is 8.21. The minimum absolute atomic E-state index is 0.431. The van der Waals surface area contributed by atoms with Crippen molar-refractivity contribution in [1.82, 2.24) is 15.1 Å². The molecule has 1 aliphatic heterocycles. The summed E-state index contributed by atoms with van der Waals surface area (Å²) in [5.41, 5.74) is 1.35. The molecule has 5 heteroatoms. The van der Waals surface area contributed by atoms with E-state index in [0.29, 0.717) is 30.1 Å². The van der Waals surface area contributed by atoms with Gasteiger partial charge in [0.15, 0.2) is 5.76 Å². The van der Waals surface area contributed by atoms with Crippen molar-refractivity contribution < 1.29 is 8.83 Å². The second-order valence-electron chi connectivity index (χ2n) is 5.52. The highest BCUT2D eigenvalue weighted by Gasteiger charge is 2.27. The number of hydrogen-bond donors (Lipinski definition) is 0. The van der Waals surface area contributed by atoms with Gasteiger partial charge in [-0.2, -0.15) is 0 Å². The first-order chi connectivity index (χ1) is 10.9. The van der Waals surface area contributed by atoms with Gasteiger partial charge in [0.25, 0.3) is 5.89 Å². The Bertz CT molecular complexity index is 721. The summed E-state index contributed by atoms with van der Waals surface area (Å²) in [5.74, 6) is 1.68. The molecule has 4 rings (SSSR count). The van der Waals surface area contributed by atoms with Crippen LogP contribution in [-0.4, -0.2) is 21.6 Å². The lowest BCUT2D eigenvalue weighted by molar-refractivity contribution is 0.224. The first-order valence-electron chi connectivity index (χ1n) is 7.55. The molecule has 1 aromatic carbocycles. The largest absolute Gasteiger partial charge is 0.459 e. The summed E-state index contributed by atoms with van der Waals surface area (Å²) in [6.45, 7) is 1.73. The smallest absolute Gasteiger partial charge is 0.283 e. The highest BCUT2D eigenvalue weighted by molar-refractivity contribution is 5.42. The second kappa shape index (κ2) is 5.77. The van der Waals surface area contributed by atoms with Crippen LogP contribution in [0.3, 0.4) is 0 Å². The lowest BCUT2D eigenvalue weighted by atomic mass is 10.0. The van der Waals surface area contributed by atoms with Gasteiger partial charge in [0.05, 0.1) is 12.8 Å². The number of nitrogens with zero attached hydrogens (tertiary/aromatic N) is 3. The molecule has 22 heavy (non-hydrogen) atoms. The van der Waals surface area contributed by atoms with Gasteiger partial charge in [-0.25, -0.2) is 0 Å². The fourth-order valence-electron chi connectivity index (χ4n) is 3.06. The van der Waals surface area contributed by atoms with E-state index in [4.69, 9.17) is 8.83 Å². The van der Waals surface area contributed by atoms with E-state index in [1.807, 2.05) is 12.1 Å². The van der Waals surface area contributed by atoms with E-state index in [9.17, 15) is 0 Å². The van der Waals surface area contributed by atoms with Crippen molar-refractivity contribution in [1.29, 1.82) is 0 Å². The first kappa shape index (κ1) is 13.3. The maximum Gasteiger partial charge on any atom is 0.283 e. The summed E-state index contributed by atoms with van der Waals surface area (Å²) in [4.78, 5) is 2.40. The van der Waals surface area contributed by atoms with Crippen molar-refractivity contribution in [3.8, 4) is 11.7 Å². The van der Waals surface area contributed by atoms with Crippen LogP contribution in [0.1, 0.15) is 30.3 Å². The van der Waals surface area contributed by atoms with Crippen LogP contribution in [0, 0.1) is 0 Å². The average Bonchev–Trinajstić information content (AvgIpc) is 3.30. The lowest BCUT2D eigenvalue weighted by Gasteiger charge is -2.23. The fourth-order valence-corrected chi connectivity index (χ4v) is 3.06. The van der Waals surface area contributed by atoms with Crippen LogP contribution in [-0.2, 0) is 6.54 Å². The minimum atomic E-state index is 0.431. The predicted octanol–water partition coefficient (Wildman–Crippen LogP) is 3.67. The molecule has 2 aromatic heterocycles. The maximum absolute atomic E-state index is 5.72. The number of hydrogen-bond acceptors (Lipinski definition) is 5. The van der Waals surface area contributed by atoms with Crippen LogP contribution in [0.15, 0.2) is 57.6 Å². The summed E-state index contributed by atoms with van der Waals surface area (Å²) in [6, 6.07) is 14.7. The molecule has 1 saturated heterocycles. The maximum atomic E-state index is 5.72. The monoisotopic (exact) mass is 295 g/mol. The zero-order chi connectivity index (χ0) is 14.8. The standard InChI is InChI=1S/C17H17N3O2/c1-2-6-13(7-3-1)14-8-4-10-20(14)12-16-18-19-17(22-16)15-9-5-11-21-15/h1-3,5-7,9,11,14H,4,8,10,12H2/t14-/m1/s1. The van der Waals surface area contributed by atoms with Crippen LogP contribution in [0.5, 0.6) is 0 Å². The van der Waals surface area contributed by atoms with Crippen LogP contribution in [0.2, 0.25) is 0 Å². The molecule has 3 heterocycles. The Morgan fingerprint density at radius 1 is 1.09 bits per heavy atom. The number of likely N-dealkylation sites (tertiary alicyclic amines) is 1. The summed E-state index contributed by atoms with van der Waals surface area (Å²) < 4.78 is 11.0. The van der Waals surface area contributed by atoms with Crippen LogP contribution >= 0.6 is 0 Å². The Kier molecular flexibility index (Phi) is 3.48. The molecule has 0 unspecified atom stereocenters. The van der Waals surface area contributed by atoms with Gasteiger partial charge in [-0.15, -0.1) is 10.2 Å². The summed E-state index contributed by atoms with van der Waals surface area (Å²) in [7, 11) is 0. The average molecular weight is 295 g/mol. The molecule has 1 fully saturated rings. The molecular weight excluding hydrogens is 278 g/mol. The molecule has 0 N–H and O–H groups in total. The van der Waals surface area contributed by atoms with E-state index in [1.54, 1.807) is 6.26 Å². The molecule has 0 saturated carbocycles. The normalized spacial score (nSPS) is 18.8. The van der Waals surface area contributed by atoms with Gasteiger partial charge in [-0.1, -0.05) is 30.3 Å². The van der Waals surface area contributed by atoms with Gasteiger partial charge >= 0.3 is 0 Å². The molecule has 0 spiro atoms. The third-order valence-corrected chi connectivity index (χ3v) is 4.09. The lowest BCUT2D eigenvalue weighted by Crippen LogP contribution is -2.22. The van der Waals surface area contributed by atoms with Crippen molar-refractivity contribution in [3.05, 3.63) is 60.2 Å². The molecule has 1 aliphatic rings. The quantitative estimate of drug-likeness (QED) is 0.735. The predicted molar refractivity (Wildman–Crippen MR) is 80.8 cm³/mol. The van der Waals surface area contributed by atoms with Gasteiger partial charge in [-0.3, -0.25) is 4.90 Å². The van der Waals surface area contributed by atoms with Crippen molar-refractivity contribution >= 4 is 0 Å². The number of benzene rings is 1. The van der Waals surface area contributed by atoms with E-state index < -0.39 is 0 Å². The summed E-state index contributed by atoms with van der Waals surface area (Å²) >= 11 is 0. The molecule has 0 aliphatic carbocycles. The Labute approximate surface area is 128 Å². The zero-order valence-corrected chi connectivity index (χ0v) is 12.2. The van der Waals surface area contributed by atoms with Gasteiger partial charge in [0, 0.05) is 6.04 Å². The Balaban J connectivity index is 1.51. The number of aromatic nitrogens is 2. The Hall–Kier alpha value is -2.40. The highest BCUT2D eigenvalue weighted by atomic mass is 16.4. The van der Waals surface area contributed by atoms with Crippen LogP contribution in [0.25, 0.3) is 11.7 Å². The molecule has 0 bridgehead atoms. The third kappa shape index (κ3) is 2.55. The van der Waals surface area contributed by atoms with E-state index in [0.717, 1.165) is 6.54 Å². The van der Waals surface area contributed by atoms with Crippen LogP contribution in [0.4, 0.5) is 0 Å². The van der Waals surface area contributed by atoms with Gasteiger partial charge in [0.1, 0.15) is 0 Å². The molecule has 112 valence electrons. The van der Waals surface area contributed by atoms with Crippen molar-refractivity contribution in [2.45, 2.75) is 25.4 Å². The van der Waals surface area contributed by atoms with E-state index in [-0.39, 0.29) is 0 Å². The van der Waals surface area contributed by atoms with Crippen LogP contribution < -0.4 is 0 Å². The van der Waals surface area contributed by atoms with E-state index >= 15 is 0 Å². The third-order valence-electron chi connectivity index (χ3n) is 4.09. The molecule has 0 amide bonds.